The smallest absolute Gasteiger partial charge is 0.335 e. The van der Waals surface area contributed by atoms with Gasteiger partial charge in [0.2, 0.25) is 0 Å². The van der Waals surface area contributed by atoms with E-state index in [1.807, 2.05) is 0 Å². The van der Waals surface area contributed by atoms with Crippen molar-refractivity contribution in [1.82, 2.24) is 0 Å². The molecule has 0 aliphatic heterocycles. The van der Waals surface area contributed by atoms with E-state index in [4.69, 9.17) is 23.2 Å². The second kappa shape index (κ2) is 9.01. The lowest BCUT2D eigenvalue weighted by Crippen LogP contribution is -2.20. The van der Waals surface area contributed by atoms with E-state index >= 15 is 0 Å². The zero-order valence-corrected chi connectivity index (χ0v) is 18.6. The number of halogens is 2. The number of carbonyl (C=O) groups is 1. The van der Waals surface area contributed by atoms with E-state index < -0.39 is 17.2 Å². The highest BCUT2D eigenvalue weighted by atomic mass is 35.5. The standard InChI is InChI=1S/C23H19Cl2NO4S/c24-20-11-15(10-14-4-5-14)12-21(25)22(20)26(31(29)30)19-8-6-16(7-9-19)17-2-1-3-18(13-17)23(27)28/h1-3,6-9,11-14H,4-5,10H2,(H,27,28)(H,29,30)/p-1. The first-order valence-electron chi connectivity index (χ1n) is 9.64. The van der Waals surface area contributed by atoms with Gasteiger partial charge in [0.25, 0.3) is 0 Å². The van der Waals surface area contributed by atoms with Crippen LogP contribution in [0.4, 0.5) is 11.4 Å². The van der Waals surface area contributed by atoms with Gasteiger partial charge in [0.1, 0.15) is 0 Å². The average molecular weight is 475 g/mol. The molecule has 3 aromatic carbocycles. The molecular formula is C23H18Cl2NO4S-. The minimum atomic E-state index is -2.66. The van der Waals surface area contributed by atoms with Gasteiger partial charge < -0.3 is 9.66 Å². The highest BCUT2D eigenvalue weighted by molar-refractivity contribution is 7.81. The largest absolute Gasteiger partial charge is 0.755 e. The summed E-state index contributed by atoms with van der Waals surface area (Å²) in [5, 5.41) is 9.72. The highest BCUT2D eigenvalue weighted by Gasteiger charge is 2.24. The summed E-state index contributed by atoms with van der Waals surface area (Å²) in [7, 11) is 0. The lowest BCUT2D eigenvalue weighted by molar-refractivity contribution is 0.0697. The quantitative estimate of drug-likeness (QED) is 0.410. The molecule has 0 bridgehead atoms. The van der Waals surface area contributed by atoms with Gasteiger partial charge in [-0.15, -0.1) is 0 Å². The maximum absolute atomic E-state index is 12.1. The van der Waals surface area contributed by atoms with Crippen molar-refractivity contribution in [3.8, 4) is 11.1 Å². The summed E-state index contributed by atoms with van der Waals surface area (Å²) in [6.07, 6.45) is 3.26. The molecule has 1 aliphatic rings. The van der Waals surface area contributed by atoms with Crippen molar-refractivity contribution < 1.29 is 18.7 Å². The molecule has 3 aromatic rings. The maximum Gasteiger partial charge on any atom is 0.335 e. The van der Waals surface area contributed by atoms with Crippen molar-refractivity contribution in [2.75, 3.05) is 4.31 Å². The molecule has 0 amide bonds. The molecule has 1 fully saturated rings. The molecular weight excluding hydrogens is 457 g/mol. The number of carboxylic acid groups (broad SMARTS) is 1. The Morgan fingerprint density at radius 1 is 1.03 bits per heavy atom. The first-order valence-corrected chi connectivity index (χ1v) is 11.4. The third-order valence-corrected chi connectivity index (χ3v) is 6.46. The summed E-state index contributed by atoms with van der Waals surface area (Å²) in [5.41, 5.74) is 3.20. The molecule has 0 aromatic heterocycles. The number of anilines is 2. The molecule has 5 nitrogen and oxygen atoms in total. The SMILES string of the molecule is O=C(O)c1cccc(-c2ccc(N(c3c(Cl)cc(CC4CC4)cc3Cl)S(=O)[O-])cc2)c1. The molecule has 1 aliphatic carbocycles. The van der Waals surface area contributed by atoms with Crippen LogP contribution in [0.15, 0.2) is 60.7 Å². The lowest BCUT2D eigenvalue weighted by atomic mass is 10.0. The van der Waals surface area contributed by atoms with Gasteiger partial charge in [-0.1, -0.05) is 47.5 Å². The van der Waals surface area contributed by atoms with Gasteiger partial charge >= 0.3 is 5.97 Å². The Kier molecular flexibility index (Phi) is 6.34. The molecule has 8 heteroatoms. The molecule has 0 spiro atoms. The summed E-state index contributed by atoms with van der Waals surface area (Å²) in [6, 6.07) is 16.8. The monoisotopic (exact) mass is 474 g/mol. The minimum absolute atomic E-state index is 0.175. The molecule has 1 unspecified atom stereocenters. The number of rotatable bonds is 7. The van der Waals surface area contributed by atoms with Gasteiger partial charge in [-0.3, -0.25) is 8.51 Å². The van der Waals surface area contributed by atoms with Crippen LogP contribution in [0.2, 0.25) is 10.0 Å². The van der Waals surface area contributed by atoms with E-state index in [0.717, 1.165) is 21.9 Å². The summed E-state index contributed by atoms with van der Waals surface area (Å²) in [5.74, 6) is -0.365. The first-order chi connectivity index (χ1) is 14.8. The summed E-state index contributed by atoms with van der Waals surface area (Å²) in [6.45, 7) is 0. The topological polar surface area (TPSA) is 80.7 Å². The van der Waals surface area contributed by atoms with Gasteiger partial charge in [0.15, 0.2) is 0 Å². The van der Waals surface area contributed by atoms with Crippen molar-refractivity contribution in [2.24, 2.45) is 5.92 Å². The van der Waals surface area contributed by atoms with Gasteiger partial charge in [-0.05, 0) is 78.3 Å². The van der Waals surface area contributed by atoms with E-state index in [0.29, 0.717) is 17.2 Å². The second-order valence-electron chi connectivity index (χ2n) is 7.50. The Hall–Kier alpha value is -2.38. The maximum atomic E-state index is 12.1. The molecule has 0 radical (unpaired) electrons. The molecule has 1 N–H and O–H groups in total. The average Bonchev–Trinajstić information content (AvgIpc) is 3.54. The Morgan fingerprint density at radius 2 is 1.68 bits per heavy atom. The fourth-order valence-corrected chi connectivity index (χ4v) is 4.94. The van der Waals surface area contributed by atoms with E-state index in [-0.39, 0.29) is 21.3 Å². The zero-order chi connectivity index (χ0) is 22.1. The van der Waals surface area contributed by atoms with Crippen molar-refractivity contribution >= 4 is 51.8 Å². The van der Waals surface area contributed by atoms with E-state index in [9.17, 15) is 18.7 Å². The third kappa shape index (κ3) is 4.93. The Morgan fingerprint density at radius 3 is 2.23 bits per heavy atom. The predicted molar refractivity (Wildman–Crippen MR) is 123 cm³/mol. The normalized spacial score (nSPS) is 14.3. The van der Waals surface area contributed by atoms with E-state index in [1.165, 1.54) is 18.9 Å². The van der Waals surface area contributed by atoms with Gasteiger partial charge in [-0.25, -0.2) is 4.79 Å². The number of carboxylic acids is 1. The van der Waals surface area contributed by atoms with Crippen LogP contribution in [-0.4, -0.2) is 19.8 Å². The van der Waals surface area contributed by atoms with Crippen molar-refractivity contribution in [2.45, 2.75) is 19.3 Å². The Bertz CT molecular complexity index is 1140. The Balaban J connectivity index is 1.67. The van der Waals surface area contributed by atoms with Gasteiger partial charge in [0, 0.05) is 0 Å². The van der Waals surface area contributed by atoms with Crippen molar-refractivity contribution in [1.29, 1.82) is 0 Å². The molecule has 1 saturated carbocycles. The molecule has 4 rings (SSSR count). The lowest BCUT2D eigenvalue weighted by Gasteiger charge is -2.28. The molecule has 0 saturated heterocycles. The van der Waals surface area contributed by atoms with Crippen LogP contribution in [0.3, 0.4) is 0 Å². The van der Waals surface area contributed by atoms with Crippen LogP contribution < -0.4 is 4.31 Å². The van der Waals surface area contributed by atoms with Crippen molar-refractivity contribution in [3.05, 3.63) is 81.8 Å². The number of benzene rings is 3. The predicted octanol–water partition coefficient (Wildman–Crippen LogP) is 6.24. The van der Waals surface area contributed by atoms with Crippen LogP contribution in [0.1, 0.15) is 28.8 Å². The zero-order valence-electron chi connectivity index (χ0n) is 16.3. The summed E-state index contributed by atoms with van der Waals surface area (Å²) < 4.78 is 25.2. The molecule has 31 heavy (non-hydrogen) atoms. The number of aromatic carboxylic acids is 1. The number of nitrogens with zero attached hydrogens (tertiary/aromatic N) is 1. The van der Waals surface area contributed by atoms with E-state index in [1.54, 1.807) is 54.6 Å². The highest BCUT2D eigenvalue weighted by Crippen LogP contribution is 2.42. The summed E-state index contributed by atoms with van der Waals surface area (Å²) >= 11 is 10.2. The third-order valence-electron chi connectivity index (χ3n) is 5.19. The number of hydrogen-bond acceptors (Lipinski definition) is 3. The molecule has 1 atom stereocenters. The number of hydrogen-bond donors (Lipinski definition) is 1. The summed E-state index contributed by atoms with van der Waals surface area (Å²) in [4.78, 5) is 11.2. The first kappa shape index (κ1) is 21.8. The minimum Gasteiger partial charge on any atom is -0.755 e. The van der Waals surface area contributed by atoms with Crippen LogP contribution in [0.5, 0.6) is 0 Å². The fourth-order valence-electron chi connectivity index (χ4n) is 3.50. The van der Waals surface area contributed by atoms with Crippen molar-refractivity contribution in [3.63, 3.8) is 0 Å². The van der Waals surface area contributed by atoms with Crippen LogP contribution in [0.25, 0.3) is 11.1 Å². The molecule has 160 valence electrons. The van der Waals surface area contributed by atoms with E-state index in [2.05, 4.69) is 0 Å². The van der Waals surface area contributed by atoms with Crippen LogP contribution in [0, 0.1) is 5.92 Å². The second-order valence-corrected chi connectivity index (χ2v) is 9.11. The van der Waals surface area contributed by atoms with Crippen LogP contribution in [-0.2, 0) is 17.7 Å². The van der Waals surface area contributed by atoms with Crippen LogP contribution >= 0.6 is 23.2 Å². The fraction of sp³-hybridized carbons (Fsp3) is 0.174. The van der Waals surface area contributed by atoms with Gasteiger partial charge in [0.05, 0.1) is 38.2 Å². The molecule has 0 heterocycles. The van der Waals surface area contributed by atoms with Gasteiger partial charge in [-0.2, -0.15) is 0 Å². The Labute approximate surface area is 192 Å².